The number of rotatable bonds is 7. The lowest BCUT2D eigenvalue weighted by molar-refractivity contribution is -0.141. The van der Waals surface area contributed by atoms with E-state index in [4.69, 9.17) is 9.72 Å². The molecule has 6 rings (SSSR count). The number of aromatic amines is 1. The summed E-state index contributed by atoms with van der Waals surface area (Å²) in [4.78, 5) is 25.4. The van der Waals surface area contributed by atoms with Crippen molar-refractivity contribution >= 4 is 17.0 Å². The highest BCUT2D eigenvalue weighted by Gasteiger charge is 2.34. The van der Waals surface area contributed by atoms with Gasteiger partial charge in [0, 0.05) is 12.5 Å². The van der Waals surface area contributed by atoms with Crippen molar-refractivity contribution in [1.82, 2.24) is 44.9 Å². The summed E-state index contributed by atoms with van der Waals surface area (Å²) in [5.41, 5.74) is 2.88. The first-order chi connectivity index (χ1) is 17.9. The largest absolute Gasteiger partial charge is 0.480 e. The normalized spacial score (nSPS) is 13.7. The second-order valence-corrected chi connectivity index (χ2v) is 8.48. The lowest BCUT2D eigenvalue weighted by Crippen LogP contribution is -2.07. The smallest absolute Gasteiger partial charge is 0.436 e. The summed E-state index contributed by atoms with van der Waals surface area (Å²) in [5.74, 6) is 1.65. The van der Waals surface area contributed by atoms with Crippen molar-refractivity contribution in [3.63, 3.8) is 0 Å². The molecule has 1 aromatic carbocycles. The highest BCUT2D eigenvalue weighted by Crippen LogP contribution is 2.45. The van der Waals surface area contributed by atoms with Gasteiger partial charge in [0.05, 0.1) is 31.0 Å². The van der Waals surface area contributed by atoms with E-state index in [9.17, 15) is 13.2 Å². The molecule has 0 bridgehead atoms. The SMILES string of the molecule is COc1ncnc(C2CC2)c1-c1nc(NCc2ccc(-n3cc(C(F)(F)F)nn3)cc2)c2[nH]cnc2n1. The van der Waals surface area contributed by atoms with Crippen molar-refractivity contribution in [2.24, 2.45) is 0 Å². The Morgan fingerprint density at radius 2 is 1.92 bits per heavy atom. The molecule has 1 fully saturated rings. The molecule has 1 aliphatic rings. The summed E-state index contributed by atoms with van der Waals surface area (Å²) in [6.45, 7) is 0.383. The number of benzene rings is 1. The number of anilines is 1. The maximum Gasteiger partial charge on any atom is 0.436 e. The average molecular weight is 508 g/mol. The number of nitrogens with one attached hydrogen (secondary N) is 2. The van der Waals surface area contributed by atoms with Crippen LogP contribution in [0.1, 0.15) is 35.7 Å². The second-order valence-electron chi connectivity index (χ2n) is 8.48. The standard InChI is InChI=1S/C23H19F3N10O/c1-37-22-16(17(13-4-5-13)28-11-31-22)19-32-20(18-21(33-19)30-10-29-18)27-8-12-2-6-14(7-3-12)36-9-15(34-35-36)23(24,25)26/h2-3,6-7,9-11,13H,4-5,8H2,1H3,(H2,27,29,30,32,33). The van der Waals surface area contributed by atoms with Crippen LogP contribution in [0.4, 0.5) is 19.0 Å². The van der Waals surface area contributed by atoms with E-state index < -0.39 is 11.9 Å². The van der Waals surface area contributed by atoms with Crippen molar-refractivity contribution < 1.29 is 17.9 Å². The van der Waals surface area contributed by atoms with Crippen LogP contribution in [0.2, 0.25) is 0 Å². The van der Waals surface area contributed by atoms with E-state index in [2.05, 4.69) is 40.5 Å². The van der Waals surface area contributed by atoms with Crippen molar-refractivity contribution in [3.8, 4) is 23.0 Å². The quantitative estimate of drug-likeness (QED) is 0.336. The molecule has 0 saturated heterocycles. The lowest BCUT2D eigenvalue weighted by Gasteiger charge is -2.13. The predicted octanol–water partition coefficient (Wildman–Crippen LogP) is 3.91. The van der Waals surface area contributed by atoms with Crippen LogP contribution in [0.3, 0.4) is 0 Å². The molecular formula is C23H19F3N10O. The molecule has 0 radical (unpaired) electrons. The number of halogens is 3. The molecular weight excluding hydrogens is 489 g/mol. The number of hydrogen-bond acceptors (Lipinski definition) is 9. The third kappa shape index (κ3) is 4.41. The van der Waals surface area contributed by atoms with Gasteiger partial charge in [0.15, 0.2) is 23.0 Å². The molecule has 4 aromatic heterocycles. The van der Waals surface area contributed by atoms with Gasteiger partial charge in [-0.1, -0.05) is 17.3 Å². The van der Waals surface area contributed by atoms with Crippen molar-refractivity contribution in [2.45, 2.75) is 31.5 Å². The minimum absolute atomic E-state index is 0.317. The molecule has 0 spiro atoms. The summed E-state index contributed by atoms with van der Waals surface area (Å²) in [5, 5.41) is 10.0. The number of imidazole rings is 1. The van der Waals surface area contributed by atoms with E-state index in [0.29, 0.717) is 52.4 Å². The molecule has 2 N–H and O–H groups in total. The number of H-pyrrole nitrogens is 1. The maximum atomic E-state index is 12.8. The van der Waals surface area contributed by atoms with Crippen molar-refractivity contribution in [3.05, 3.63) is 60.1 Å². The average Bonchev–Trinajstić information content (AvgIpc) is 3.41. The van der Waals surface area contributed by atoms with Crippen LogP contribution >= 0.6 is 0 Å². The zero-order valence-electron chi connectivity index (χ0n) is 19.4. The highest BCUT2D eigenvalue weighted by molar-refractivity contribution is 5.85. The fourth-order valence-corrected chi connectivity index (χ4v) is 3.96. The van der Waals surface area contributed by atoms with E-state index in [1.807, 2.05) is 0 Å². The number of aromatic nitrogens is 9. The van der Waals surface area contributed by atoms with Crippen LogP contribution in [-0.4, -0.2) is 52.0 Å². The third-order valence-corrected chi connectivity index (χ3v) is 5.95. The zero-order valence-corrected chi connectivity index (χ0v) is 19.4. The van der Waals surface area contributed by atoms with Crippen LogP contribution in [0.15, 0.2) is 43.1 Å². The summed E-state index contributed by atoms with van der Waals surface area (Å²) in [6.07, 6.45) is 1.38. The first kappa shape index (κ1) is 22.8. The second kappa shape index (κ2) is 8.80. The van der Waals surface area contributed by atoms with Gasteiger partial charge >= 0.3 is 6.18 Å². The fourth-order valence-electron chi connectivity index (χ4n) is 3.96. The molecule has 188 valence electrons. The summed E-state index contributed by atoms with van der Waals surface area (Å²) < 4.78 is 45.0. The maximum absolute atomic E-state index is 12.8. The Morgan fingerprint density at radius 3 is 2.62 bits per heavy atom. The molecule has 0 atom stereocenters. The van der Waals surface area contributed by atoms with Crippen molar-refractivity contribution in [1.29, 1.82) is 0 Å². The Morgan fingerprint density at radius 1 is 1.11 bits per heavy atom. The monoisotopic (exact) mass is 508 g/mol. The molecule has 1 saturated carbocycles. The van der Waals surface area contributed by atoms with Gasteiger partial charge in [-0.25, -0.2) is 29.6 Å². The summed E-state index contributed by atoms with van der Waals surface area (Å²) in [6, 6.07) is 6.89. The predicted molar refractivity (Wildman–Crippen MR) is 125 cm³/mol. The Kier molecular flexibility index (Phi) is 5.43. The number of alkyl halides is 3. The van der Waals surface area contributed by atoms with E-state index in [0.717, 1.165) is 35.0 Å². The third-order valence-electron chi connectivity index (χ3n) is 5.95. The molecule has 0 unspecified atom stereocenters. The van der Waals surface area contributed by atoms with Crippen LogP contribution in [0, 0.1) is 0 Å². The summed E-state index contributed by atoms with van der Waals surface area (Å²) >= 11 is 0. The fraction of sp³-hybridized carbons (Fsp3) is 0.261. The van der Waals surface area contributed by atoms with E-state index in [1.54, 1.807) is 31.4 Å². The Labute approximate surface area is 207 Å². The number of methoxy groups -OCH3 is 1. The van der Waals surface area contributed by atoms with Crippen LogP contribution in [0.25, 0.3) is 28.2 Å². The zero-order chi connectivity index (χ0) is 25.6. The van der Waals surface area contributed by atoms with Gasteiger partial charge < -0.3 is 15.0 Å². The number of nitrogens with zero attached hydrogens (tertiary/aromatic N) is 8. The summed E-state index contributed by atoms with van der Waals surface area (Å²) in [7, 11) is 1.54. The van der Waals surface area contributed by atoms with Crippen molar-refractivity contribution in [2.75, 3.05) is 12.4 Å². The van der Waals surface area contributed by atoms with Crippen LogP contribution in [-0.2, 0) is 12.7 Å². The van der Waals surface area contributed by atoms with Gasteiger partial charge in [0.2, 0.25) is 5.88 Å². The lowest BCUT2D eigenvalue weighted by atomic mass is 10.1. The topological polar surface area (TPSA) is 132 Å². The molecule has 11 nitrogen and oxygen atoms in total. The Balaban J connectivity index is 1.27. The molecule has 0 amide bonds. The first-order valence-electron chi connectivity index (χ1n) is 11.3. The molecule has 1 aliphatic carbocycles. The first-order valence-corrected chi connectivity index (χ1v) is 11.3. The molecule has 37 heavy (non-hydrogen) atoms. The van der Waals surface area contributed by atoms with E-state index in [1.165, 1.54) is 12.7 Å². The Hall–Kier alpha value is -4.62. The molecule has 5 aromatic rings. The van der Waals surface area contributed by atoms with Crippen LogP contribution < -0.4 is 10.1 Å². The van der Waals surface area contributed by atoms with Gasteiger partial charge in [-0.3, -0.25) is 0 Å². The minimum atomic E-state index is -4.55. The molecule has 0 aliphatic heterocycles. The molecule has 4 heterocycles. The number of hydrogen-bond donors (Lipinski definition) is 2. The molecule has 14 heteroatoms. The van der Waals surface area contributed by atoms with E-state index >= 15 is 0 Å². The van der Waals surface area contributed by atoms with Crippen LogP contribution in [0.5, 0.6) is 5.88 Å². The minimum Gasteiger partial charge on any atom is -0.480 e. The Bertz CT molecular complexity index is 1570. The number of fused-ring (bicyclic) bond motifs is 1. The van der Waals surface area contributed by atoms with Gasteiger partial charge in [-0.15, -0.1) is 5.10 Å². The van der Waals surface area contributed by atoms with Gasteiger partial charge in [-0.05, 0) is 30.5 Å². The van der Waals surface area contributed by atoms with E-state index in [-0.39, 0.29) is 0 Å². The van der Waals surface area contributed by atoms with Gasteiger partial charge in [0.25, 0.3) is 0 Å². The van der Waals surface area contributed by atoms with Gasteiger partial charge in [0.1, 0.15) is 17.4 Å². The highest BCUT2D eigenvalue weighted by atomic mass is 19.4. The van der Waals surface area contributed by atoms with Gasteiger partial charge in [-0.2, -0.15) is 13.2 Å². The number of ether oxygens (including phenoxy) is 1.